The lowest BCUT2D eigenvalue weighted by Crippen LogP contribution is -2.08. The summed E-state index contributed by atoms with van der Waals surface area (Å²) in [4.78, 5) is 4.24. The van der Waals surface area contributed by atoms with Crippen molar-refractivity contribution < 1.29 is 4.74 Å². The Morgan fingerprint density at radius 3 is 2.82 bits per heavy atom. The molecule has 2 aromatic rings. The number of hydrogen-bond acceptors (Lipinski definition) is 3. The van der Waals surface area contributed by atoms with Gasteiger partial charge in [0, 0.05) is 6.54 Å². The lowest BCUT2D eigenvalue weighted by molar-refractivity contribution is 0.288. The van der Waals surface area contributed by atoms with Gasteiger partial charge in [-0.2, -0.15) is 0 Å². The summed E-state index contributed by atoms with van der Waals surface area (Å²) in [5.41, 5.74) is 6.92. The third-order valence-electron chi connectivity index (χ3n) is 2.74. The third kappa shape index (κ3) is 2.41. The van der Waals surface area contributed by atoms with Crippen LogP contribution in [0.2, 0.25) is 0 Å². The maximum absolute atomic E-state index is 5.80. The fraction of sp³-hybridized carbons (Fsp3) is 0.308. The summed E-state index contributed by atoms with van der Waals surface area (Å²) in [7, 11) is 0. The molecule has 0 bridgehead atoms. The van der Waals surface area contributed by atoms with Gasteiger partial charge >= 0.3 is 0 Å². The van der Waals surface area contributed by atoms with Crippen molar-refractivity contribution in [3.05, 3.63) is 41.9 Å². The van der Waals surface area contributed by atoms with Crippen molar-refractivity contribution >= 4 is 5.82 Å². The van der Waals surface area contributed by atoms with E-state index in [0.717, 1.165) is 23.7 Å². The lowest BCUT2D eigenvalue weighted by atomic mass is 10.2. The summed E-state index contributed by atoms with van der Waals surface area (Å²) in [6.07, 6.45) is 1.67. The van der Waals surface area contributed by atoms with Gasteiger partial charge in [0.15, 0.2) is 0 Å². The Hall–Kier alpha value is -1.97. The van der Waals surface area contributed by atoms with Crippen LogP contribution in [0.25, 0.3) is 0 Å². The van der Waals surface area contributed by atoms with Crippen LogP contribution in [-0.4, -0.2) is 9.55 Å². The van der Waals surface area contributed by atoms with E-state index in [2.05, 4.69) is 4.98 Å². The number of nitrogens with zero attached hydrogens (tertiary/aromatic N) is 2. The van der Waals surface area contributed by atoms with Gasteiger partial charge in [-0.15, -0.1) is 0 Å². The van der Waals surface area contributed by atoms with Crippen molar-refractivity contribution in [2.45, 2.75) is 27.0 Å². The number of benzene rings is 1. The molecule has 0 aliphatic rings. The van der Waals surface area contributed by atoms with E-state index in [-0.39, 0.29) is 0 Å². The van der Waals surface area contributed by atoms with E-state index in [4.69, 9.17) is 10.5 Å². The number of hydrogen-bond donors (Lipinski definition) is 1. The number of aryl methyl sites for hydroxylation is 1. The van der Waals surface area contributed by atoms with Gasteiger partial charge in [0.2, 0.25) is 0 Å². The maximum Gasteiger partial charge on any atom is 0.148 e. The topological polar surface area (TPSA) is 53.1 Å². The van der Waals surface area contributed by atoms with E-state index in [1.54, 1.807) is 6.20 Å². The number of nitrogens with two attached hydrogens (primary N) is 1. The summed E-state index contributed by atoms with van der Waals surface area (Å²) >= 11 is 0. The molecule has 0 amide bonds. The molecule has 0 spiro atoms. The summed E-state index contributed by atoms with van der Waals surface area (Å²) in [5.74, 6) is 2.42. The van der Waals surface area contributed by atoms with Gasteiger partial charge < -0.3 is 15.0 Å². The third-order valence-corrected chi connectivity index (χ3v) is 2.74. The van der Waals surface area contributed by atoms with E-state index in [1.807, 2.05) is 42.7 Å². The molecule has 2 rings (SSSR count). The highest BCUT2D eigenvalue weighted by Gasteiger charge is 2.07. The van der Waals surface area contributed by atoms with Gasteiger partial charge in [0.25, 0.3) is 0 Å². The second kappa shape index (κ2) is 4.91. The molecule has 90 valence electrons. The highest BCUT2D eigenvalue weighted by atomic mass is 16.5. The fourth-order valence-corrected chi connectivity index (χ4v) is 1.77. The summed E-state index contributed by atoms with van der Waals surface area (Å²) < 4.78 is 7.68. The first-order chi connectivity index (χ1) is 8.22. The first-order valence-electron chi connectivity index (χ1n) is 5.70. The Morgan fingerprint density at radius 2 is 2.12 bits per heavy atom. The highest BCUT2D eigenvalue weighted by molar-refractivity contribution is 5.32. The quantitative estimate of drug-likeness (QED) is 0.878. The van der Waals surface area contributed by atoms with E-state index >= 15 is 0 Å². The second-order valence-electron chi connectivity index (χ2n) is 3.90. The zero-order valence-corrected chi connectivity index (χ0v) is 10.2. The molecule has 1 aromatic carbocycles. The number of anilines is 1. The molecule has 0 saturated heterocycles. The van der Waals surface area contributed by atoms with E-state index < -0.39 is 0 Å². The average Bonchev–Trinajstić information content (AvgIpc) is 2.69. The molecule has 0 aliphatic heterocycles. The predicted octanol–water partition coefficient (Wildman–Crippen LogP) is 2.37. The number of aromatic nitrogens is 2. The fourth-order valence-electron chi connectivity index (χ4n) is 1.77. The van der Waals surface area contributed by atoms with Crippen molar-refractivity contribution in [3.8, 4) is 5.75 Å². The number of nitrogen functional groups attached to an aromatic ring is 1. The minimum atomic E-state index is 0.440. The van der Waals surface area contributed by atoms with Crippen LogP contribution in [0.15, 0.2) is 30.5 Å². The molecule has 0 saturated carbocycles. The molecule has 0 atom stereocenters. The lowest BCUT2D eigenvalue weighted by Gasteiger charge is -2.10. The smallest absolute Gasteiger partial charge is 0.148 e. The average molecular weight is 231 g/mol. The van der Waals surface area contributed by atoms with Gasteiger partial charge in [-0.05, 0) is 25.5 Å². The Balaban J connectivity index is 2.10. The predicted molar refractivity (Wildman–Crippen MR) is 67.8 cm³/mol. The van der Waals surface area contributed by atoms with Crippen molar-refractivity contribution in [1.82, 2.24) is 9.55 Å². The molecular weight excluding hydrogens is 214 g/mol. The minimum absolute atomic E-state index is 0.440. The molecule has 17 heavy (non-hydrogen) atoms. The van der Waals surface area contributed by atoms with Gasteiger partial charge in [0.05, 0.1) is 6.20 Å². The summed E-state index contributed by atoms with van der Waals surface area (Å²) in [5, 5.41) is 0. The number of para-hydroxylation sites is 1. The first kappa shape index (κ1) is 11.5. The van der Waals surface area contributed by atoms with Crippen molar-refractivity contribution in [2.75, 3.05) is 5.73 Å². The monoisotopic (exact) mass is 231 g/mol. The van der Waals surface area contributed by atoms with Crippen molar-refractivity contribution in [1.29, 1.82) is 0 Å². The Bertz CT molecular complexity index is 505. The molecule has 0 fully saturated rings. The van der Waals surface area contributed by atoms with E-state index in [0.29, 0.717) is 12.4 Å². The van der Waals surface area contributed by atoms with Crippen LogP contribution in [0.3, 0.4) is 0 Å². The van der Waals surface area contributed by atoms with Crippen LogP contribution in [0.5, 0.6) is 5.75 Å². The number of ether oxygens (including phenoxy) is 1. The highest BCUT2D eigenvalue weighted by Crippen LogP contribution is 2.18. The zero-order chi connectivity index (χ0) is 12.3. The number of rotatable bonds is 4. The molecule has 1 heterocycles. The van der Waals surface area contributed by atoms with Crippen molar-refractivity contribution in [3.63, 3.8) is 0 Å². The summed E-state index contributed by atoms with van der Waals surface area (Å²) in [6.45, 7) is 5.31. The first-order valence-corrected chi connectivity index (χ1v) is 5.70. The number of imidazole rings is 1. The molecule has 4 nitrogen and oxygen atoms in total. The van der Waals surface area contributed by atoms with Crippen LogP contribution in [0.4, 0.5) is 5.82 Å². The largest absolute Gasteiger partial charge is 0.485 e. The van der Waals surface area contributed by atoms with Gasteiger partial charge in [-0.1, -0.05) is 18.2 Å². The molecule has 4 heteroatoms. The Morgan fingerprint density at radius 1 is 1.35 bits per heavy atom. The van der Waals surface area contributed by atoms with Crippen LogP contribution in [0.1, 0.15) is 18.3 Å². The Labute approximate surface area is 101 Å². The molecule has 1 aromatic heterocycles. The second-order valence-corrected chi connectivity index (χ2v) is 3.90. The normalized spacial score (nSPS) is 10.5. The molecular formula is C13H17N3O. The van der Waals surface area contributed by atoms with E-state index in [1.165, 1.54) is 0 Å². The van der Waals surface area contributed by atoms with Crippen LogP contribution >= 0.6 is 0 Å². The molecule has 0 unspecified atom stereocenters. The van der Waals surface area contributed by atoms with Crippen LogP contribution in [-0.2, 0) is 13.2 Å². The maximum atomic E-state index is 5.80. The van der Waals surface area contributed by atoms with E-state index in [9.17, 15) is 0 Å². The molecule has 2 N–H and O–H groups in total. The summed E-state index contributed by atoms with van der Waals surface area (Å²) in [6, 6.07) is 7.93. The minimum Gasteiger partial charge on any atom is -0.485 e. The zero-order valence-electron chi connectivity index (χ0n) is 10.2. The standard InChI is InChI=1S/C13H17N3O/c1-3-16-12(14)8-15-13(16)9-17-11-7-5-4-6-10(11)2/h4-8H,3,9,14H2,1-2H3. The Kier molecular flexibility index (Phi) is 3.32. The van der Waals surface area contributed by atoms with Crippen molar-refractivity contribution in [2.24, 2.45) is 0 Å². The van der Waals surface area contributed by atoms with Gasteiger partial charge in [0.1, 0.15) is 24.0 Å². The SMILES string of the molecule is CCn1c(N)cnc1COc1ccccc1C. The molecule has 0 aliphatic carbocycles. The molecule has 0 radical (unpaired) electrons. The van der Waals surface area contributed by atoms with Crippen LogP contribution in [0, 0.1) is 6.92 Å². The van der Waals surface area contributed by atoms with Gasteiger partial charge in [-0.3, -0.25) is 0 Å². The van der Waals surface area contributed by atoms with Gasteiger partial charge in [-0.25, -0.2) is 4.98 Å². The van der Waals surface area contributed by atoms with Crippen LogP contribution < -0.4 is 10.5 Å².